The van der Waals surface area contributed by atoms with E-state index >= 15 is 0 Å². The van der Waals surface area contributed by atoms with E-state index in [2.05, 4.69) is 21.7 Å². The van der Waals surface area contributed by atoms with Gasteiger partial charge < -0.3 is 5.32 Å². The Morgan fingerprint density at radius 2 is 2.47 bits per heavy atom. The van der Waals surface area contributed by atoms with Gasteiger partial charge in [0.15, 0.2) is 0 Å². The summed E-state index contributed by atoms with van der Waals surface area (Å²) in [6.07, 6.45) is 4.49. The highest BCUT2D eigenvalue weighted by molar-refractivity contribution is 7.17. The van der Waals surface area contributed by atoms with Crippen LogP contribution in [0.5, 0.6) is 0 Å². The van der Waals surface area contributed by atoms with Crippen molar-refractivity contribution in [3.63, 3.8) is 0 Å². The van der Waals surface area contributed by atoms with Gasteiger partial charge in [-0.3, -0.25) is 4.98 Å². The zero-order chi connectivity index (χ0) is 10.1. The molecule has 0 aliphatic carbocycles. The van der Waals surface area contributed by atoms with Gasteiger partial charge in [-0.2, -0.15) is 0 Å². The van der Waals surface area contributed by atoms with Crippen LogP contribution in [0.1, 0.15) is 24.3 Å². The number of nitrogens with zero attached hydrogens (tertiary/aromatic N) is 1. The second-order valence-electron chi connectivity index (χ2n) is 4.08. The third-order valence-electron chi connectivity index (χ3n) is 3.09. The first-order chi connectivity index (χ1) is 7.45. The molecule has 1 N–H and O–H groups in total. The summed E-state index contributed by atoms with van der Waals surface area (Å²) in [5.41, 5.74) is 2.67. The molecular weight excluding hydrogens is 204 g/mol. The van der Waals surface area contributed by atoms with E-state index in [-0.39, 0.29) is 0 Å². The average molecular weight is 218 g/mol. The molecule has 0 spiro atoms. The first-order valence-electron chi connectivity index (χ1n) is 5.48. The van der Waals surface area contributed by atoms with Gasteiger partial charge in [-0.15, -0.1) is 11.3 Å². The van der Waals surface area contributed by atoms with E-state index in [0.717, 1.165) is 6.54 Å². The van der Waals surface area contributed by atoms with Gasteiger partial charge in [-0.05, 0) is 48.4 Å². The fraction of sp³-hybridized carbons (Fsp3) is 0.417. The second-order valence-corrected chi connectivity index (χ2v) is 5.00. The Hall–Kier alpha value is -0.930. The molecule has 3 rings (SSSR count). The molecule has 15 heavy (non-hydrogen) atoms. The molecule has 3 heteroatoms. The fourth-order valence-corrected chi connectivity index (χ4v) is 3.29. The van der Waals surface area contributed by atoms with Crippen LogP contribution < -0.4 is 5.32 Å². The highest BCUT2D eigenvalue weighted by atomic mass is 32.1. The highest BCUT2D eigenvalue weighted by Gasteiger charge is 2.18. The van der Waals surface area contributed by atoms with Gasteiger partial charge in [0.05, 0.1) is 10.2 Å². The lowest BCUT2D eigenvalue weighted by Crippen LogP contribution is -2.28. The van der Waals surface area contributed by atoms with Crippen LogP contribution in [-0.4, -0.2) is 18.1 Å². The lowest BCUT2D eigenvalue weighted by atomic mass is 9.93. The zero-order valence-electron chi connectivity index (χ0n) is 8.57. The summed E-state index contributed by atoms with van der Waals surface area (Å²) >= 11 is 1.82. The van der Waals surface area contributed by atoms with Gasteiger partial charge in [0.2, 0.25) is 0 Å². The number of hydrogen-bond donors (Lipinski definition) is 1. The van der Waals surface area contributed by atoms with Crippen LogP contribution in [0.2, 0.25) is 0 Å². The van der Waals surface area contributed by atoms with E-state index in [1.54, 1.807) is 0 Å². The van der Waals surface area contributed by atoms with E-state index in [1.165, 1.54) is 35.2 Å². The average Bonchev–Trinajstić information content (AvgIpc) is 2.74. The molecular formula is C12H14N2S. The number of fused-ring (bicyclic) bond motifs is 1. The van der Waals surface area contributed by atoms with Gasteiger partial charge in [-0.25, -0.2) is 0 Å². The van der Waals surface area contributed by atoms with Gasteiger partial charge in [-0.1, -0.05) is 0 Å². The van der Waals surface area contributed by atoms with Gasteiger partial charge >= 0.3 is 0 Å². The normalized spacial score (nSPS) is 22.0. The summed E-state index contributed by atoms with van der Waals surface area (Å²) in [6, 6.07) is 4.18. The molecule has 0 bridgehead atoms. The van der Waals surface area contributed by atoms with Crippen molar-refractivity contribution in [1.82, 2.24) is 10.3 Å². The van der Waals surface area contributed by atoms with Crippen LogP contribution in [0.15, 0.2) is 23.7 Å². The summed E-state index contributed by atoms with van der Waals surface area (Å²) in [5, 5.41) is 5.75. The fourth-order valence-electron chi connectivity index (χ4n) is 2.29. The minimum absolute atomic E-state index is 0.669. The number of rotatable bonds is 1. The molecule has 1 unspecified atom stereocenters. The van der Waals surface area contributed by atoms with Crippen molar-refractivity contribution in [3.05, 3.63) is 29.3 Å². The Morgan fingerprint density at radius 3 is 3.33 bits per heavy atom. The largest absolute Gasteiger partial charge is 0.316 e. The van der Waals surface area contributed by atoms with Gasteiger partial charge in [0.1, 0.15) is 0 Å². The number of piperidine rings is 1. The molecule has 1 aliphatic heterocycles. The molecule has 0 radical (unpaired) electrons. The minimum atomic E-state index is 0.669. The molecule has 1 fully saturated rings. The molecule has 1 aliphatic rings. The molecule has 0 amide bonds. The molecule has 1 atom stereocenters. The Morgan fingerprint density at radius 1 is 1.47 bits per heavy atom. The third kappa shape index (κ3) is 1.66. The zero-order valence-corrected chi connectivity index (χ0v) is 9.39. The van der Waals surface area contributed by atoms with Crippen LogP contribution in [0.4, 0.5) is 0 Å². The SMILES string of the molecule is c1cnc2c(C3CCCNC3)csc2c1. The summed E-state index contributed by atoms with van der Waals surface area (Å²) in [6.45, 7) is 2.29. The number of pyridine rings is 1. The smallest absolute Gasteiger partial charge is 0.0844 e. The van der Waals surface area contributed by atoms with Crippen molar-refractivity contribution in [2.75, 3.05) is 13.1 Å². The molecule has 0 aromatic carbocycles. The van der Waals surface area contributed by atoms with E-state index in [9.17, 15) is 0 Å². The third-order valence-corrected chi connectivity index (χ3v) is 4.05. The number of thiophene rings is 1. The maximum absolute atomic E-state index is 4.50. The Labute approximate surface area is 93.3 Å². The summed E-state index contributed by atoms with van der Waals surface area (Å²) < 4.78 is 1.32. The second kappa shape index (κ2) is 3.91. The molecule has 0 saturated carbocycles. The number of hydrogen-bond acceptors (Lipinski definition) is 3. The van der Waals surface area contributed by atoms with Gasteiger partial charge in [0, 0.05) is 12.7 Å². The maximum Gasteiger partial charge on any atom is 0.0844 e. The quantitative estimate of drug-likeness (QED) is 0.796. The first kappa shape index (κ1) is 9.31. The predicted molar refractivity (Wildman–Crippen MR) is 64.5 cm³/mol. The number of nitrogens with one attached hydrogen (secondary N) is 1. The Bertz CT molecular complexity index is 457. The van der Waals surface area contributed by atoms with E-state index in [1.807, 2.05) is 23.6 Å². The lowest BCUT2D eigenvalue weighted by molar-refractivity contribution is 0.464. The number of aromatic nitrogens is 1. The predicted octanol–water partition coefficient (Wildman–Crippen LogP) is 2.76. The highest BCUT2D eigenvalue weighted by Crippen LogP contribution is 2.32. The van der Waals surface area contributed by atoms with E-state index < -0.39 is 0 Å². The molecule has 2 nitrogen and oxygen atoms in total. The molecule has 78 valence electrons. The van der Waals surface area contributed by atoms with Crippen molar-refractivity contribution in [1.29, 1.82) is 0 Å². The monoisotopic (exact) mass is 218 g/mol. The van der Waals surface area contributed by atoms with Crippen molar-refractivity contribution in [2.24, 2.45) is 0 Å². The minimum Gasteiger partial charge on any atom is -0.316 e. The first-order valence-corrected chi connectivity index (χ1v) is 6.36. The van der Waals surface area contributed by atoms with Gasteiger partial charge in [0.25, 0.3) is 0 Å². The molecule has 1 saturated heterocycles. The van der Waals surface area contributed by atoms with Crippen LogP contribution in [0, 0.1) is 0 Å². The standard InChI is InChI=1S/C12H14N2S/c1-3-9(7-13-5-1)10-8-15-11-4-2-6-14-12(10)11/h2,4,6,8-9,13H,1,3,5,7H2. The van der Waals surface area contributed by atoms with Crippen LogP contribution in [0.25, 0.3) is 10.2 Å². The van der Waals surface area contributed by atoms with Crippen molar-refractivity contribution in [2.45, 2.75) is 18.8 Å². The van der Waals surface area contributed by atoms with Crippen molar-refractivity contribution < 1.29 is 0 Å². The topological polar surface area (TPSA) is 24.9 Å². The van der Waals surface area contributed by atoms with Crippen LogP contribution in [0.3, 0.4) is 0 Å². The van der Waals surface area contributed by atoms with Crippen molar-refractivity contribution in [3.8, 4) is 0 Å². The Balaban J connectivity index is 2.02. The molecule has 2 aromatic heterocycles. The van der Waals surface area contributed by atoms with Crippen molar-refractivity contribution >= 4 is 21.6 Å². The summed E-state index contributed by atoms with van der Waals surface area (Å²) in [7, 11) is 0. The Kier molecular flexibility index (Phi) is 2.43. The van der Waals surface area contributed by atoms with E-state index in [4.69, 9.17) is 0 Å². The van der Waals surface area contributed by atoms with Crippen LogP contribution in [-0.2, 0) is 0 Å². The summed E-state index contributed by atoms with van der Waals surface area (Å²) in [5.74, 6) is 0.669. The lowest BCUT2D eigenvalue weighted by Gasteiger charge is -2.22. The summed E-state index contributed by atoms with van der Waals surface area (Å²) in [4.78, 5) is 4.50. The van der Waals surface area contributed by atoms with Crippen LogP contribution >= 0.6 is 11.3 Å². The molecule has 2 aromatic rings. The van der Waals surface area contributed by atoms with E-state index in [0.29, 0.717) is 5.92 Å². The maximum atomic E-state index is 4.50. The molecule has 3 heterocycles.